The normalized spacial score (nSPS) is 24.8. The topological polar surface area (TPSA) is 18.5 Å². The molecule has 0 aromatic heterocycles. The number of rotatable bonds is 2. The second kappa shape index (κ2) is 4.87. The third-order valence-electron chi connectivity index (χ3n) is 2.85. The van der Waals surface area contributed by atoms with E-state index in [0.717, 1.165) is 11.4 Å². The molecule has 0 amide bonds. The molecule has 5 heteroatoms. The van der Waals surface area contributed by atoms with Crippen molar-refractivity contribution in [1.82, 2.24) is 5.32 Å². The van der Waals surface area contributed by atoms with E-state index in [0.29, 0.717) is 0 Å². The number of halogens is 2. The molecule has 1 heterocycles. The number of alkyl halides is 2. The molecule has 0 radical (unpaired) electrons. The summed E-state index contributed by atoms with van der Waals surface area (Å²) in [6, 6.07) is 7.66. The van der Waals surface area contributed by atoms with Crippen LogP contribution in [0.5, 0.6) is 0 Å². The van der Waals surface area contributed by atoms with Gasteiger partial charge in [0.1, 0.15) is 0 Å². The van der Waals surface area contributed by atoms with E-state index in [1.54, 1.807) is 4.90 Å². The lowest BCUT2D eigenvalue weighted by atomic mass is 10.2. The van der Waals surface area contributed by atoms with Gasteiger partial charge in [-0.1, -0.05) is 0 Å². The van der Waals surface area contributed by atoms with Crippen LogP contribution in [0.25, 0.3) is 0 Å². The van der Waals surface area contributed by atoms with Gasteiger partial charge in [0.25, 0.3) is 0 Å². The molecule has 1 aromatic rings. The van der Waals surface area contributed by atoms with Gasteiger partial charge < -0.3 is 9.80 Å². The molecule has 2 atom stereocenters. The molecular weight excluding hydrogens is 224 g/mol. The monoisotopic (exact) mass is 241 g/mol. The van der Waals surface area contributed by atoms with E-state index in [-0.39, 0.29) is 13.1 Å². The minimum absolute atomic E-state index is 0.182. The van der Waals surface area contributed by atoms with Crippen LogP contribution in [0.2, 0.25) is 0 Å². The fourth-order valence-electron chi connectivity index (χ4n) is 1.94. The lowest BCUT2D eigenvalue weighted by molar-refractivity contribution is 0.145. The van der Waals surface area contributed by atoms with Crippen molar-refractivity contribution in [2.45, 2.75) is 12.6 Å². The zero-order chi connectivity index (χ0) is 12.4. The molecule has 3 nitrogen and oxygen atoms in total. The van der Waals surface area contributed by atoms with Gasteiger partial charge in [0.05, 0.1) is 13.1 Å². The average molecular weight is 241 g/mol. The van der Waals surface area contributed by atoms with E-state index in [2.05, 4.69) is 5.32 Å². The first kappa shape index (κ1) is 12.1. The first-order valence-corrected chi connectivity index (χ1v) is 5.63. The van der Waals surface area contributed by atoms with Crippen molar-refractivity contribution in [3.63, 3.8) is 0 Å². The highest BCUT2D eigenvalue weighted by atomic mass is 19.2. The molecule has 1 aromatic carbocycles. The van der Waals surface area contributed by atoms with Gasteiger partial charge in [0.2, 0.25) is 0 Å². The lowest BCUT2D eigenvalue weighted by Crippen LogP contribution is -2.53. The van der Waals surface area contributed by atoms with Gasteiger partial charge in [-0.2, -0.15) is 0 Å². The predicted molar refractivity (Wildman–Crippen MR) is 65.9 cm³/mol. The Morgan fingerprint density at radius 1 is 1.12 bits per heavy atom. The molecule has 1 fully saturated rings. The number of piperazine rings is 1. The molecule has 2 rings (SSSR count). The molecule has 0 saturated carbocycles. The summed E-state index contributed by atoms with van der Waals surface area (Å²) >= 11 is 0. The van der Waals surface area contributed by atoms with Crippen molar-refractivity contribution in [2.24, 2.45) is 0 Å². The van der Waals surface area contributed by atoms with Crippen LogP contribution in [-0.4, -0.2) is 39.8 Å². The Bertz CT molecular complexity index is 357. The van der Waals surface area contributed by atoms with Crippen LogP contribution in [0, 0.1) is 0 Å². The first-order valence-electron chi connectivity index (χ1n) is 5.63. The summed E-state index contributed by atoms with van der Waals surface area (Å²) in [6.45, 7) is 0.365. The van der Waals surface area contributed by atoms with Crippen molar-refractivity contribution >= 4 is 11.4 Å². The third-order valence-corrected chi connectivity index (χ3v) is 2.85. The van der Waals surface area contributed by atoms with Crippen LogP contribution in [-0.2, 0) is 0 Å². The summed E-state index contributed by atoms with van der Waals surface area (Å²) in [4.78, 5) is 3.70. The number of nitrogens with one attached hydrogen (secondary N) is 1. The Morgan fingerprint density at radius 2 is 1.65 bits per heavy atom. The second-order valence-corrected chi connectivity index (χ2v) is 4.42. The van der Waals surface area contributed by atoms with Crippen molar-refractivity contribution in [2.75, 3.05) is 37.0 Å². The highest BCUT2D eigenvalue weighted by molar-refractivity contribution is 5.56. The zero-order valence-electron chi connectivity index (χ0n) is 10.0. The summed E-state index contributed by atoms with van der Waals surface area (Å²) in [5, 5.41) is 2.23. The first-order chi connectivity index (χ1) is 8.06. The molecule has 2 unspecified atom stereocenters. The molecule has 1 saturated heterocycles. The SMILES string of the molecule is CN(C)c1ccc(N2CC(F)NC(F)C2)cc1. The Hall–Kier alpha value is -1.36. The maximum Gasteiger partial charge on any atom is 0.171 e. The number of anilines is 2. The van der Waals surface area contributed by atoms with E-state index in [1.807, 2.05) is 43.3 Å². The van der Waals surface area contributed by atoms with E-state index < -0.39 is 12.6 Å². The zero-order valence-corrected chi connectivity index (χ0v) is 10.0. The van der Waals surface area contributed by atoms with Crippen molar-refractivity contribution in [3.05, 3.63) is 24.3 Å². The molecule has 0 aliphatic carbocycles. The van der Waals surface area contributed by atoms with Gasteiger partial charge in [-0.25, -0.2) is 8.78 Å². The average Bonchev–Trinajstić information content (AvgIpc) is 2.28. The number of hydrogen-bond acceptors (Lipinski definition) is 3. The minimum Gasteiger partial charge on any atom is -0.378 e. The fourth-order valence-corrected chi connectivity index (χ4v) is 1.94. The van der Waals surface area contributed by atoms with Crippen molar-refractivity contribution < 1.29 is 8.78 Å². The predicted octanol–water partition coefficient (Wildman–Crippen LogP) is 1.75. The summed E-state index contributed by atoms with van der Waals surface area (Å²) in [5.74, 6) is 0. The van der Waals surface area contributed by atoms with Gasteiger partial charge in [0.15, 0.2) is 12.6 Å². The van der Waals surface area contributed by atoms with E-state index in [1.165, 1.54) is 0 Å². The fraction of sp³-hybridized carbons (Fsp3) is 0.500. The summed E-state index contributed by atoms with van der Waals surface area (Å²) in [6.07, 6.45) is -2.63. The highest BCUT2D eigenvalue weighted by Gasteiger charge is 2.25. The van der Waals surface area contributed by atoms with E-state index in [9.17, 15) is 8.78 Å². The number of hydrogen-bond donors (Lipinski definition) is 1. The maximum atomic E-state index is 13.2. The second-order valence-electron chi connectivity index (χ2n) is 4.42. The van der Waals surface area contributed by atoms with Crippen LogP contribution in [0.3, 0.4) is 0 Å². The molecule has 0 bridgehead atoms. The van der Waals surface area contributed by atoms with E-state index >= 15 is 0 Å². The van der Waals surface area contributed by atoms with Crippen LogP contribution in [0.4, 0.5) is 20.2 Å². The molecule has 0 spiro atoms. The Labute approximate surface area is 100 Å². The smallest absolute Gasteiger partial charge is 0.171 e. The van der Waals surface area contributed by atoms with Gasteiger partial charge >= 0.3 is 0 Å². The number of benzene rings is 1. The molecule has 17 heavy (non-hydrogen) atoms. The van der Waals surface area contributed by atoms with Crippen LogP contribution >= 0.6 is 0 Å². The van der Waals surface area contributed by atoms with Gasteiger partial charge in [-0.3, -0.25) is 5.32 Å². The Balaban J connectivity index is 2.11. The van der Waals surface area contributed by atoms with Crippen LogP contribution in [0.1, 0.15) is 0 Å². The maximum absolute atomic E-state index is 13.2. The summed E-state index contributed by atoms with van der Waals surface area (Å²) < 4.78 is 26.4. The molecular formula is C12H17F2N3. The quantitative estimate of drug-likeness (QED) is 0.796. The Morgan fingerprint density at radius 3 is 2.12 bits per heavy atom. The lowest BCUT2D eigenvalue weighted by Gasteiger charge is -2.33. The summed E-state index contributed by atoms with van der Waals surface area (Å²) in [5.41, 5.74) is 1.92. The minimum atomic E-state index is -1.31. The molecule has 1 aliphatic heterocycles. The number of nitrogens with zero attached hydrogens (tertiary/aromatic N) is 2. The van der Waals surface area contributed by atoms with Crippen molar-refractivity contribution in [1.29, 1.82) is 0 Å². The van der Waals surface area contributed by atoms with Gasteiger partial charge in [-0.15, -0.1) is 0 Å². The van der Waals surface area contributed by atoms with E-state index in [4.69, 9.17) is 0 Å². The third kappa shape index (κ3) is 2.85. The molecule has 94 valence electrons. The van der Waals surface area contributed by atoms with Crippen molar-refractivity contribution in [3.8, 4) is 0 Å². The van der Waals surface area contributed by atoms with Gasteiger partial charge in [-0.05, 0) is 24.3 Å². The molecule has 1 N–H and O–H groups in total. The van der Waals surface area contributed by atoms with Gasteiger partial charge in [0, 0.05) is 25.5 Å². The molecule has 1 aliphatic rings. The largest absolute Gasteiger partial charge is 0.378 e. The Kier molecular flexibility index (Phi) is 3.47. The standard InChI is InChI=1S/C12H17F2N3/c1-16(2)9-3-5-10(6-4-9)17-7-11(13)15-12(14)8-17/h3-6,11-12,15H,7-8H2,1-2H3. The summed E-state index contributed by atoms with van der Waals surface area (Å²) in [7, 11) is 3.91. The van der Waals surface area contributed by atoms with Crippen LogP contribution in [0.15, 0.2) is 24.3 Å². The van der Waals surface area contributed by atoms with Crippen LogP contribution < -0.4 is 15.1 Å². The highest BCUT2D eigenvalue weighted by Crippen LogP contribution is 2.21.